The number of hydrogen-bond acceptors (Lipinski definition) is 5. The second-order valence-corrected chi connectivity index (χ2v) is 6.57. The SMILES string of the molecule is CNc1nccc(C(=O)NC2CCS(=O)(=O)C2)c1F. The van der Waals surface area contributed by atoms with Crippen LogP contribution >= 0.6 is 0 Å². The zero-order valence-corrected chi connectivity index (χ0v) is 11.1. The Morgan fingerprint density at radius 1 is 1.53 bits per heavy atom. The minimum Gasteiger partial charge on any atom is -0.371 e. The highest BCUT2D eigenvalue weighted by molar-refractivity contribution is 7.91. The zero-order valence-electron chi connectivity index (χ0n) is 10.3. The van der Waals surface area contributed by atoms with Crippen LogP contribution in [0.4, 0.5) is 10.2 Å². The predicted molar refractivity (Wildman–Crippen MR) is 68.3 cm³/mol. The summed E-state index contributed by atoms with van der Waals surface area (Å²) in [5.41, 5.74) is -0.149. The molecule has 8 heteroatoms. The van der Waals surface area contributed by atoms with Gasteiger partial charge in [0.05, 0.1) is 17.1 Å². The molecule has 1 aromatic rings. The minimum atomic E-state index is -3.08. The molecule has 2 N–H and O–H groups in total. The van der Waals surface area contributed by atoms with Crippen LogP contribution in [0.1, 0.15) is 16.8 Å². The summed E-state index contributed by atoms with van der Waals surface area (Å²) in [4.78, 5) is 15.6. The third-order valence-electron chi connectivity index (χ3n) is 2.94. The number of amides is 1. The van der Waals surface area contributed by atoms with Gasteiger partial charge in [-0.15, -0.1) is 0 Å². The van der Waals surface area contributed by atoms with Gasteiger partial charge in [-0.25, -0.2) is 17.8 Å². The van der Waals surface area contributed by atoms with Crippen LogP contribution in [-0.2, 0) is 9.84 Å². The number of nitrogens with zero attached hydrogens (tertiary/aromatic N) is 1. The molecule has 1 saturated heterocycles. The molecule has 1 aromatic heterocycles. The minimum absolute atomic E-state index is 0.0216. The smallest absolute Gasteiger partial charge is 0.254 e. The van der Waals surface area contributed by atoms with E-state index >= 15 is 0 Å². The van der Waals surface area contributed by atoms with E-state index < -0.39 is 27.6 Å². The number of aromatic nitrogens is 1. The van der Waals surface area contributed by atoms with Crippen LogP contribution in [-0.4, -0.2) is 43.9 Å². The Bertz CT molecular complexity index is 603. The van der Waals surface area contributed by atoms with E-state index in [1.165, 1.54) is 19.3 Å². The molecule has 0 bridgehead atoms. The fraction of sp³-hybridized carbons (Fsp3) is 0.455. The summed E-state index contributed by atoms with van der Waals surface area (Å²) in [6.07, 6.45) is 1.68. The van der Waals surface area contributed by atoms with Gasteiger partial charge in [0.1, 0.15) is 0 Å². The maximum absolute atomic E-state index is 13.8. The number of rotatable bonds is 3. The summed E-state index contributed by atoms with van der Waals surface area (Å²) in [6.45, 7) is 0. The molecule has 1 unspecified atom stereocenters. The maximum atomic E-state index is 13.8. The summed E-state index contributed by atoms with van der Waals surface area (Å²) < 4.78 is 36.4. The lowest BCUT2D eigenvalue weighted by Gasteiger charge is -2.12. The standard InChI is InChI=1S/C11H14FN3O3S/c1-13-10-9(12)8(2-4-14-10)11(16)15-7-3-5-19(17,18)6-7/h2,4,7H,3,5-6H2,1H3,(H,13,14)(H,15,16). The fourth-order valence-corrected chi connectivity index (χ4v) is 3.64. The normalized spacial score (nSPS) is 21.1. The van der Waals surface area contributed by atoms with Crippen molar-refractivity contribution in [3.8, 4) is 0 Å². The first kappa shape index (κ1) is 13.7. The van der Waals surface area contributed by atoms with Crippen molar-refractivity contribution in [1.29, 1.82) is 0 Å². The lowest BCUT2D eigenvalue weighted by molar-refractivity contribution is 0.0937. The summed E-state index contributed by atoms with van der Waals surface area (Å²) in [5.74, 6) is -1.43. The van der Waals surface area contributed by atoms with Crippen molar-refractivity contribution >= 4 is 21.6 Å². The Morgan fingerprint density at radius 2 is 2.26 bits per heavy atom. The van der Waals surface area contributed by atoms with E-state index in [4.69, 9.17) is 0 Å². The van der Waals surface area contributed by atoms with Crippen LogP contribution in [0.3, 0.4) is 0 Å². The number of pyridine rings is 1. The van der Waals surface area contributed by atoms with Crippen molar-refractivity contribution in [3.05, 3.63) is 23.6 Å². The summed E-state index contributed by atoms with van der Waals surface area (Å²) in [5, 5.41) is 5.06. The van der Waals surface area contributed by atoms with Crippen molar-refractivity contribution in [3.63, 3.8) is 0 Å². The van der Waals surface area contributed by atoms with Gasteiger partial charge in [-0.3, -0.25) is 4.79 Å². The van der Waals surface area contributed by atoms with E-state index in [1.807, 2.05) is 0 Å². The molecule has 19 heavy (non-hydrogen) atoms. The molecule has 1 fully saturated rings. The molecule has 104 valence electrons. The van der Waals surface area contributed by atoms with Crippen LogP contribution in [0, 0.1) is 5.82 Å². The lowest BCUT2D eigenvalue weighted by atomic mass is 10.2. The lowest BCUT2D eigenvalue weighted by Crippen LogP contribution is -2.36. The van der Waals surface area contributed by atoms with E-state index in [-0.39, 0.29) is 22.9 Å². The molecule has 1 atom stereocenters. The topological polar surface area (TPSA) is 88.2 Å². The van der Waals surface area contributed by atoms with Crippen molar-refractivity contribution < 1.29 is 17.6 Å². The zero-order chi connectivity index (χ0) is 14.0. The number of hydrogen-bond donors (Lipinski definition) is 2. The fourth-order valence-electron chi connectivity index (χ4n) is 1.97. The average molecular weight is 287 g/mol. The number of carbonyl (C=O) groups is 1. The molecule has 0 spiro atoms. The van der Waals surface area contributed by atoms with E-state index in [2.05, 4.69) is 15.6 Å². The van der Waals surface area contributed by atoms with Crippen molar-refractivity contribution in [2.24, 2.45) is 0 Å². The monoisotopic (exact) mass is 287 g/mol. The number of nitrogens with one attached hydrogen (secondary N) is 2. The number of halogens is 1. The Morgan fingerprint density at radius 3 is 2.84 bits per heavy atom. The third kappa shape index (κ3) is 3.01. The van der Waals surface area contributed by atoms with E-state index in [0.29, 0.717) is 6.42 Å². The van der Waals surface area contributed by atoms with Crippen molar-refractivity contribution in [2.75, 3.05) is 23.9 Å². The number of sulfone groups is 1. The van der Waals surface area contributed by atoms with Crippen LogP contribution in [0.2, 0.25) is 0 Å². The second kappa shape index (κ2) is 5.12. The van der Waals surface area contributed by atoms with Gasteiger partial charge in [0.15, 0.2) is 21.5 Å². The maximum Gasteiger partial charge on any atom is 0.254 e. The molecule has 0 aliphatic carbocycles. The average Bonchev–Trinajstić information content (AvgIpc) is 2.68. The van der Waals surface area contributed by atoms with Gasteiger partial charge in [0, 0.05) is 19.3 Å². The molecule has 0 saturated carbocycles. The first-order chi connectivity index (χ1) is 8.93. The van der Waals surface area contributed by atoms with E-state index in [9.17, 15) is 17.6 Å². The van der Waals surface area contributed by atoms with Crippen molar-refractivity contribution in [2.45, 2.75) is 12.5 Å². The third-order valence-corrected chi connectivity index (χ3v) is 4.71. The molecule has 2 heterocycles. The van der Waals surface area contributed by atoms with Crippen LogP contribution in [0.15, 0.2) is 12.3 Å². The van der Waals surface area contributed by atoms with E-state index in [1.54, 1.807) is 0 Å². The Balaban J connectivity index is 2.13. The molecular formula is C11H14FN3O3S. The largest absolute Gasteiger partial charge is 0.371 e. The number of anilines is 1. The quantitative estimate of drug-likeness (QED) is 0.828. The van der Waals surface area contributed by atoms with Crippen molar-refractivity contribution in [1.82, 2.24) is 10.3 Å². The molecule has 0 aromatic carbocycles. The van der Waals surface area contributed by atoms with Gasteiger partial charge in [0.25, 0.3) is 5.91 Å². The van der Waals surface area contributed by atoms with Gasteiger partial charge >= 0.3 is 0 Å². The van der Waals surface area contributed by atoms with Crippen LogP contribution < -0.4 is 10.6 Å². The molecule has 1 aliphatic heterocycles. The van der Waals surface area contributed by atoms with Gasteiger partial charge in [0.2, 0.25) is 0 Å². The van der Waals surface area contributed by atoms with Gasteiger partial charge in [-0.1, -0.05) is 0 Å². The summed E-state index contributed by atoms with van der Waals surface area (Å²) >= 11 is 0. The van der Waals surface area contributed by atoms with Gasteiger partial charge < -0.3 is 10.6 Å². The Kier molecular flexibility index (Phi) is 3.70. The molecule has 0 radical (unpaired) electrons. The van der Waals surface area contributed by atoms with Gasteiger partial charge in [-0.05, 0) is 12.5 Å². The summed E-state index contributed by atoms with van der Waals surface area (Å²) in [7, 11) is -1.58. The highest BCUT2D eigenvalue weighted by Crippen LogP contribution is 2.16. The Labute approximate surface area is 110 Å². The summed E-state index contributed by atoms with van der Waals surface area (Å²) in [6, 6.07) is 0.803. The molecular weight excluding hydrogens is 273 g/mol. The molecule has 1 amide bonds. The Hall–Kier alpha value is -1.70. The first-order valence-corrected chi connectivity index (χ1v) is 7.58. The molecule has 2 rings (SSSR count). The number of carbonyl (C=O) groups excluding carboxylic acids is 1. The predicted octanol–water partition coefficient (Wildman–Crippen LogP) is 0.179. The first-order valence-electron chi connectivity index (χ1n) is 5.76. The second-order valence-electron chi connectivity index (χ2n) is 4.34. The highest BCUT2D eigenvalue weighted by Gasteiger charge is 2.29. The van der Waals surface area contributed by atoms with Gasteiger partial charge in [-0.2, -0.15) is 0 Å². The van der Waals surface area contributed by atoms with E-state index in [0.717, 1.165) is 0 Å². The highest BCUT2D eigenvalue weighted by atomic mass is 32.2. The van der Waals surface area contributed by atoms with Crippen LogP contribution in [0.25, 0.3) is 0 Å². The molecule has 6 nitrogen and oxygen atoms in total. The molecule has 1 aliphatic rings. The van der Waals surface area contributed by atoms with Crippen LogP contribution in [0.5, 0.6) is 0 Å².